The van der Waals surface area contributed by atoms with Crippen LogP contribution in [-0.4, -0.2) is 10.1 Å². The van der Waals surface area contributed by atoms with Gasteiger partial charge in [0, 0.05) is 20.3 Å². The Balaban J connectivity index is 1.68. The summed E-state index contributed by atoms with van der Waals surface area (Å²) in [7, 11) is 0. The van der Waals surface area contributed by atoms with Crippen LogP contribution in [0.1, 0.15) is 4.88 Å². The minimum Gasteiger partial charge on any atom is -0.347 e. The van der Waals surface area contributed by atoms with Crippen LogP contribution in [0.5, 0.6) is 0 Å². The van der Waals surface area contributed by atoms with Crippen LogP contribution in [0.15, 0.2) is 50.8 Å². The molecule has 4 nitrogen and oxygen atoms in total. The first-order valence-corrected chi connectivity index (χ1v) is 7.34. The molecule has 0 unspecified atom stereocenters. The predicted octanol–water partition coefficient (Wildman–Crippen LogP) is 4.17. The summed E-state index contributed by atoms with van der Waals surface area (Å²) < 4.78 is 6.31. The molecule has 0 atom stereocenters. The van der Waals surface area contributed by atoms with Gasteiger partial charge in [0.1, 0.15) is 0 Å². The summed E-state index contributed by atoms with van der Waals surface area (Å²) in [5.74, 6) is 1.03. The lowest BCUT2D eigenvalue weighted by molar-refractivity contribution is 0.432. The summed E-state index contributed by atoms with van der Waals surface area (Å²) in [6, 6.07) is 11.8. The number of nitrogens with one attached hydrogen (secondary N) is 1. The van der Waals surface area contributed by atoms with Gasteiger partial charge >= 0.3 is 0 Å². The molecule has 0 amide bonds. The number of benzene rings is 1. The highest BCUT2D eigenvalue weighted by Gasteiger charge is 2.08. The zero-order valence-corrected chi connectivity index (χ0v) is 12.2. The fraction of sp³-hybridized carbons (Fsp3) is 0.0769. The molecule has 3 rings (SSSR count). The van der Waals surface area contributed by atoms with Crippen LogP contribution in [0.4, 0.5) is 5.95 Å². The number of hydrogen-bond acceptors (Lipinski definition) is 5. The van der Waals surface area contributed by atoms with E-state index in [0.29, 0.717) is 18.4 Å². The summed E-state index contributed by atoms with van der Waals surface area (Å²) in [4.78, 5) is 5.51. The average molecular weight is 336 g/mol. The van der Waals surface area contributed by atoms with Gasteiger partial charge in [-0.15, -0.1) is 11.3 Å². The van der Waals surface area contributed by atoms with Gasteiger partial charge in [-0.05, 0) is 39.3 Å². The molecular weight excluding hydrogens is 326 g/mol. The molecular formula is C13H10BrN3OS. The molecule has 2 aromatic heterocycles. The van der Waals surface area contributed by atoms with Gasteiger partial charge in [-0.2, -0.15) is 4.98 Å². The van der Waals surface area contributed by atoms with Gasteiger partial charge in [-0.1, -0.05) is 18.2 Å². The van der Waals surface area contributed by atoms with Crippen LogP contribution in [0.2, 0.25) is 0 Å². The lowest BCUT2D eigenvalue weighted by Crippen LogP contribution is -1.98. The summed E-state index contributed by atoms with van der Waals surface area (Å²) in [5, 5.41) is 9.09. The van der Waals surface area contributed by atoms with Gasteiger partial charge in [0.2, 0.25) is 0 Å². The van der Waals surface area contributed by atoms with Gasteiger partial charge in [-0.25, -0.2) is 0 Å². The minimum absolute atomic E-state index is 0.503. The van der Waals surface area contributed by atoms with Crippen LogP contribution in [0, 0.1) is 0 Å². The lowest BCUT2D eigenvalue weighted by atomic mass is 10.2. The van der Waals surface area contributed by atoms with Crippen LogP contribution in [0.25, 0.3) is 11.5 Å². The van der Waals surface area contributed by atoms with Crippen molar-refractivity contribution in [1.82, 2.24) is 10.1 Å². The molecule has 0 aliphatic carbocycles. The van der Waals surface area contributed by atoms with Gasteiger partial charge in [0.25, 0.3) is 11.8 Å². The van der Waals surface area contributed by atoms with E-state index in [-0.39, 0.29) is 0 Å². The Morgan fingerprint density at radius 3 is 2.84 bits per heavy atom. The van der Waals surface area contributed by atoms with Crippen LogP contribution >= 0.6 is 27.3 Å². The number of halogens is 1. The monoisotopic (exact) mass is 335 g/mol. The third-order valence-corrected chi connectivity index (χ3v) is 4.19. The Kier molecular flexibility index (Phi) is 3.61. The van der Waals surface area contributed by atoms with E-state index in [1.807, 2.05) is 35.7 Å². The minimum atomic E-state index is 0.503. The molecule has 0 radical (unpaired) electrons. The van der Waals surface area contributed by atoms with Crippen molar-refractivity contribution in [2.75, 3.05) is 5.32 Å². The Labute approximate surface area is 122 Å². The van der Waals surface area contributed by atoms with Crippen molar-refractivity contribution < 1.29 is 4.52 Å². The quantitative estimate of drug-likeness (QED) is 0.777. The topological polar surface area (TPSA) is 51.0 Å². The predicted molar refractivity (Wildman–Crippen MR) is 79.1 cm³/mol. The first-order chi connectivity index (χ1) is 9.31. The van der Waals surface area contributed by atoms with E-state index in [1.54, 1.807) is 11.3 Å². The zero-order chi connectivity index (χ0) is 13.1. The van der Waals surface area contributed by atoms with Crippen molar-refractivity contribution in [3.63, 3.8) is 0 Å². The maximum absolute atomic E-state index is 5.21. The Hall–Kier alpha value is -1.66. The molecule has 0 spiro atoms. The third-order valence-electron chi connectivity index (χ3n) is 2.49. The maximum Gasteiger partial charge on any atom is 0.264 e. The first-order valence-electron chi connectivity index (χ1n) is 5.67. The fourth-order valence-electron chi connectivity index (χ4n) is 1.61. The zero-order valence-electron chi connectivity index (χ0n) is 9.84. The molecule has 3 aromatic rings. The Morgan fingerprint density at radius 1 is 1.26 bits per heavy atom. The van der Waals surface area contributed by atoms with E-state index in [0.717, 1.165) is 10.0 Å². The first kappa shape index (κ1) is 12.4. The van der Waals surface area contributed by atoms with E-state index in [9.17, 15) is 0 Å². The van der Waals surface area contributed by atoms with Crippen molar-refractivity contribution in [2.45, 2.75) is 6.54 Å². The molecule has 0 aliphatic rings. The van der Waals surface area contributed by atoms with Gasteiger partial charge in [0.15, 0.2) is 0 Å². The molecule has 6 heteroatoms. The highest BCUT2D eigenvalue weighted by atomic mass is 79.9. The van der Waals surface area contributed by atoms with Crippen LogP contribution in [-0.2, 0) is 6.54 Å². The highest BCUT2D eigenvalue weighted by Crippen LogP contribution is 2.21. The Bertz CT molecular complexity index is 665. The van der Waals surface area contributed by atoms with Gasteiger partial charge < -0.3 is 9.84 Å². The lowest BCUT2D eigenvalue weighted by Gasteiger charge is -1.96. The second-order valence-electron chi connectivity index (χ2n) is 3.87. The molecule has 19 heavy (non-hydrogen) atoms. The van der Waals surface area contributed by atoms with E-state index < -0.39 is 0 Å². The molecule has 96 valence electrons. The molecule has 0 saturated carbocycles. The number of hydrogen-bond donors (Lipinski definition) is 1. The molecule has 2 heterocycles. The van der Waals surface area contributed by atoms with Crippen molar-refractivity contribution in [1.29, 1.82) is 0 Å². The fourth-order valence-corrected chi connectivity index (χ4v) is 3.00. The van der Waals surface area contributed by atoms with E-state index in [4.69, 9.17) is 4.52 Å². The van der Waals surface area contributed by atoms with E-state index in [1.165, 1.54) is 4.88 Å². The molecule has 1 aromatic carbocycles. The average Bonchev–Trinajstić information content (AvgIpc) is 3.06. The van der Waals surface area contributed by atoms with Gasteiger partial charge in [-0.3, -0.25) is 0 Å². The van der Waals surface area contributed by atoms with Crippen LogP contribution in [0.3, 0.4) is 0 Å². The van der Waals surface area contributed by atoms with Crippen molar-refractivity contribution >= 4 is 33.2 Å². The third kappa shape index (κ3) is 3.02. The number of anilines is 1. The second kappa shape index (κ2) is 5.54. The molecule has 1 N–H and O–H groups in total. The molecule has 0 bridgehead atoms. The van der Waals surface area contributed by atoms with E-state index in [2.05, 4.69) is 37.5 Å². The standard InChI is InChI=1S/C13H10BrN3OS/c14-10-6-11(19-8-10)7-15-13-16-12(18-17-13)9-4-2-1-3-5-9/h1-6,8H,7H2,(H,15,17). The van der Waals surface area contributed by atoms with Crippen LogP contribution < -0.4 is 5.32 Å². The maximum atomic E-state index is 5.21. The molecule has 0 fully saturated rings. The smallest absolute Gasteiger partial charge is 0.264 e. The van der Waals surface area contributed by atoms with E-state index >= 15 is 0 Å². The SMILES string of the molecule is Brc1csc(CNc2noc(-c3ccccc3)n2)c1. The Morgan fingerprint density at radius 2 is 2.11 bits per heavy atom. The summed E-state index contributed by atoms with van der Waals surface area (Å²) in [6.45, 7) is 0.685. The van der Waals surface area contributed by atoms with Crippen molar-refractivity contribution in [3.8, 4) is 11.5 Å². The number of aromatic nitrogens is 2. The number of nitrogens with zero attached hydrogens (tertiary/aromatic N) is 2. The number of thiophene rings is 1. The molecule has 0 aliphatic heterocycles. The van der Waals surface area contributed by atoms with Gasteiger partial charge in [0.05, 0.1) is 6.54 Å². The largest absolute Gasteiger partial charge is 0.347 e. The van der Waals surface area contributed by atoms with Crippen molar-refractivity contribution in [3.05, 3.63) is 51.1 Å². The number of rotatable bonds is 4. The normalized spacial score (nSPS) is 10.6. The highest BCUT2D eigenvalue weighted by molar-refractivity contribution is 9.10. The second-order valence-corrected chi connectivity index (χ2v) is 5.79. The summed E-state index contributed by atoms with van der Waals surface area (Å²) in [5.41, 5.74) is 0.918. The summed E-state index contributed by atoms with van der Waals surface area (Å²) in [6.07, 6.45) is 0. The summed E-state index contributed by atoms with van der Waals surface area (Å²) >= 11 is 5.10. The van der Waals surface area contributed by atoms with Crippen molar-refractivity contribution in [2.24, 2.45) is 0 Å². The molecule has 0 saturated heterocycles.